The Hall–Kier alpha value is -2.70. The van der Waals surface area contributed by atoms with Gasteiger partial charge in [0.1, 0.15) is 23.0 Å². The molecular weight excluding hydrogens is 426 g/mol. The van der Waals surface area contributed by atoms with Gasteiger partial charge in [-0.25, -0.2) is 0 Å². The third kappa shape index (κ3) is 5.96. The van der Waals surface area contributed by atoms with Gasteiger partial charge in [-0.05, 0) is 43.7 Å². The fourth-order valence-corrected chi connectivity index (χ4v) is 4.07. The van der Waals surface area contributed by atoms with Crippen molar-refractivity contribution in [2.75, 3.05) is 51.8 Å². The highest BCUT2D eigenvalue weighted by atomic mass is 35.5. The summed E-state index contributed by atoms with van der Waals surface area (Å²) in [5.41, 5.74) is 3.04. The predicted molar refractivity (Wildman–Crippen MR) is 130 cm³/mol. The van der Waals surface area contributed by atoms with Crippen molar-refractivity contribution in [2.45, 2.75) is 19.3 Å². The molecule has 6 nitrogen and oxygen atoms in total. The molecule has 7 heteroatoms. The van der Waals surface area contributed by atoms with Gasteiger partial charge in [0.25, 0.3) is 0 Å². The molecule has 2 aromatic carbocycles. The summed E-state index contributed by atoms with van der Waals surface area (Å²) >= 11 is 0. The Kier molecular flexibility index (Phi) is 8.82. The summed E-state index contributed by atoms with van der Waals surface area (Å²) in [7, 11) is 3.30. The third-order valence-corrected chi connectivity index (χ3v) is 5.88. The van der Waals surface area contributed by atoms with Crippen molar-refractivity contribution in [3.8, 4) is 22.8 Å². The van der Waals surface area contributed by atoms with Crippen LogP contribution < -0.4 is 14.4 Å². The van der Waals surface area contributed by atoms with Crippen molar-refractivity contribution >= 4 is 18.1 Å². The molecule has 2 heterocycles. The molecule has 0 aliphatic carbocycles. The Bertz CT molecular complexity index is 956. The van der Waals surface area contributed by atoms with Crippen LogP contribution in [0.2, 0.25) is 0 Å². The normalized spacial score (nSPS) is 14.1. The van der Waals surface area contributed by atoms with E-state index in [1.54, 1.807) is 14.2 Å². The lowest BCUT2D eigenvalue weighted by Crippen LogP contribution is -2.46. The van der Waals surface area contributed by atoms with E-state index in [4.69, 9.17) is 14.0 Å². The minimum absolute atomic E-state index is 0. The smallest absolute Gasteiger partial charge is 0.137 e. The molecule has 1 saturated heterocycles. The van der Waals surface area contributed by atoms with E-state index in [1.807, 2.05) is 24.3 Å². The summed E-state index contributed by atoms with van der Waals surface area (Å²) in [6.07, 6.45) is 3.15. The van der Waals surface area contributed by atoms with Gasteiger partial charge in [-0.2, -0.15) is 0 Å². The number of aryl methyl sites for hydroxylation is 1. The second kappa shape index (κ2) is 11.8. The average Bonchev–Trinajstić information content (AvgIpc) is 3.31. The zero-order valence-electron chi connectivity index (χ0n) is 18.8. The number of hydrogen-bond acceptors (Lipinski definition) is 6. The number of para-hydroxylation sites is 1. The van der Waals surface area contributed by atoms with Gasteiger partial charge in [-0.3, -0.25) is 4.90 Å². The molecule has 32 heavy (non-hydrogen) atoms. The van der Waals surface area contributed by atoms with Crippen LogP contribution >= 0.6 is 12.4 Å². The van der Waals surface area contributed by atoms with Gasteiger partial charge in [0.15, 0.2) is 0 Å². The molecule has 3 aromatic rings. The number of piperazine rings is 1. The minimum atomic E-state index is 0. The SMILES string of the molecule is COc1ccc(-c2cc(CCCCN3CCN(c4ccccc4)CC3)on2)c(OC)c1.Cl. The molecule has 4 rings (SSSR count). The van der Waals surface area contributed by atoms with Crippen molar-refractivity contribution in [1.29, 1.82) is 0 Å². The first kappa shape index (κ1) is 24.0. The van der Waals surface area contributed by atoms with Crippen LogP contribution in [0.4, 0.5) is 5.69 Å². The molecule has 0 unspecified atom stereocenters. The van der Waals surface area contributed by atoms with E-state index in [2.05, 4.69) is 45.3 Å². The van der Waals surface area contributed by atoms with Gasteiger partial charge >= 0.3 is 0 Å². The third-order valence-electron chi connectivity index (χ3n) is 5.88. The maximum absolute atomic E-state index is 5.57. The Morgan fingerprint density at radius 3 is 2.41 bits per heavy atom. The number of halogens is 1. The molecule has 0 atom stereocenters. The zero-order valence-corrected chi connectivity index (χ0v) is 19.6. The first-order chi connectivity index (χ1) is 15.3. The van der Waals surface area contributed by atoms with E-state index in [0.29, 0.717) is 0 Å². The Morgan fingerprint density at radius 2 is 1.69 bits per heavy atom. The maximum Gasteiger partial charge on any atom is 0.137 e. The van der Waals surface area contributed by atoms with Gasteiger partial charge in [-0.15, -0.1) is 12.4 Å². The van der Waals surface area contributed by atoms with E-state index in [-0.39, 0.29) is 12.4 Å². The maximum atomic E-state index is 5.57. The van der Waals surface area contributed by atoms with Crippen LogP contribution in [0.15, 0.2) is 59.1 Å². The second-order valence-corrected chi connectivity index (χ2v) is 7.87. The topological polar surface area (TPSA) is 51.0 Å². The lowest BCUT2D eigenvalue weighted by atomic mass is 10.1. The first-order valence-corrected chi connectivity index (χ1v) is 11.0. The number of benzene rings is 2. The van der Waals surface area contributed by atoms with Crippen molar-refractivity contribution in [2.24, 2.45) is 0 Å². The highest BCUT2D eigenvalue weighted by Crippen LogP contribution is 2.33. The number of anilines is 1. The quantitative estimate of drug-likeness (QED) is 0.425. The van der Waals surface area contributed by atoms with Crippen LogP contribution in [0.5, 0.6) is 11.5 Å². The van der Waals surface area contributed by atoms with Crippen LogP contribution in [0.25, 0.3) is 11.3 Å². The van der Waals surface area contributed by atoms with Gasteiger partial charge in [0, 0.05) is 56.0 Å². The number of methoxy groups -OCH3 is 2. The highest BCUT2D eigenvalue weighted by molar-refractivity contribution is 5.85. The van der Waals surface area contributed by atoms with Gasteiger partial charge in [0.05, 0.1) is 14.2 Å². The van der Waals surface area contributed by atoms with E-state index in [0.717, 1.165) is 80.5 Å². The molecule has 0 spiro atoms. The Balaban J connectivity index is 0.00000289. The van der Waals surface area contributed by atoms with Crippen LogP contribution in [0.3, 0.4) is 0 Å². The van der Waals surface area contributed by atoms with Crippen LogP contribution in [0.1, 0.15) is 18.6 Å². The number of rotatable bonds is 9. The number of hydrogen-bond donors (Lipinski definition) is 0. The molecule has 172 valence electrons. The van der Waals surface area contributed by atoms with E-state index >= 15 is 0 Å². The number of unbranched alkanes of at least 4 members (excludes halogenated alkanes) is 1. The molecule has 1 aliphatic rings. The molecule has 0 bridgehead atoms. The summed E-state index contributed by atoms with van der Waals surface area (Å²) in [6.45, 7) is 5.57. The fourth-order valence-electron chi connectivity index (χ4n) is 4.07. The molecule has 0 N–H and O–H groups in total. The number of nitrogens with zero attached hydrogens (tertiary/aromatic N) is 3. The molecule has 0 saturated carbocycles. The van der Waals surface area contributed by atoms with E-state index < -0.39 is 0 Å². The minimum Gasteiger partial charge on any atom is -0.497 e. The first-order valence-electron chi connectivity index (χ1n) is 11.0. The summed E-state index contributed by atoms with van der Waals surface area (Å²) < 4.78 is 16.3. The zero-order chi connectivity index (χ0) is 21.5. The van der Waals surface area contributed by atoms with Crippen molar-refractivity contribution < 1.29 is 14.0 Å². The number of ether oxygens (including phenoxy) is 2. The number of aromatic nitrogens is 1. The second-order valence-electron chi connectivity index (χ2n) is 7.87. The lowest BCUT2D eigenvalue weighted by Gasteiger charge is -2.36. The highest BCUT2D eigenvalue weighted by Gasteiger charge is 2.17. The van der Waals surface area contributed by atoms with Crippen LogP contribution in [-0.4, -0.2) is 57.0 Å². The van der Waals surface area contributed by atoms with Gasteiger partial charge in [0.2, 0.25) is 0 Å². The Morgan fingerprint density at radius 1 is 0.906 bits per heavy atom. The van der Waals surface area contributed by atoms with Crippen LogP contribution in [0, 0.1) is 0 Å². The molecule has 1 aromatic heterocycles. The molecule has 1 aliphatic heterocycles. The summed E-state index contributed by atoms with van der Waals surface area (Å²) in [6, 6.07) is 18.4. The molecule has 0 amide bonds. The standard InChI is InChI=1S/C25H31N3O3.ClH/c1-29-21-11-12-23(25(19-21)30-2)24-18-22(31-26-24)10-6-7-13-27-14-16-28(17-15-27)20-8-4-3-5-9-20;/h3-5,8-9,11-12,18-19H,6-7,10,13-17H2,1-2H3;1H. The fraction of sp³-hybridized carbons (Fsp3) is 0.400. The molecular formula is C25H32ClN3O3. The molecule has 0 radical (unpaired) electrons. The van der Waals surface area contributed by atoms with Crippen molar-refractivity contribution in [3.05, 3.63) is 60.4 Å². The summed E-state index contributed by atoms with van der Waals surface area (Å²) in [5, 5.41) is 4.24. The van der Waals surface area contributed by atoms with Crippen molar-refractivity contribution in [1.82, 2.24) is 10.1 Å². The van der Waals surface area contributed by atoms with Crippen LogP contribution in [-0.2, 0) is 6.42 Å². The van der Waals surface area contributed by atoms with E-state index in [9.17, 15) is 0 Å². The summed E-state index contributed by atoms with van der Waals surface area (Å²) in [4.78, 5) is 5.04. The van der Waals surface area contributed by atoms with Gasteiger partial charge in [-0.1, -0.05) is 23.4 Å². The largest absolute Gasteiger partial charge is 0.497 e. The lowest BCUT2D eigenvalue weighted by molar-refractivity contribution is 0.251. The molecule has 1 fully saturated rings. The van der Waals surface area contributed by atoms with Crippen molar-refractivity contribution in [3.63, 3.8) is 0 Å². The average molecular weight is 458 g/mol. The summed E-state index contributed by atoms with van der Waals surface area (Å²) in [5.74, 6) is 2.41. The predicted octanol–water partition coefficient (Wildman–Crippen LogP) is 4.93. The van der Waals surface area contributed by atoms with E-state index in [1.165, 1.54) is 5.69 Å². The Labute approximate surface area is 196 Å². The van der Waals surface area contributed by atoms with Gasteiger partial charge < -0.3 is 18.9 Å². The monoisotopic (exact) mass is 457 g/mol.